The summed E-state index contributed by atoms with van der Waals surface area (Å²) in [5.41, 5.74) is 9.70. The number of nitrogens with one attached hydrogen (secondary N) is 2. The van der Waals surface area contributed by atoms with Gasteiger partial charge in [-0.1, -0.05) is 6.07 Å². The number of allylic oxidation sites excluding steroid dienone is 1. The van der Waals surface area contributed by atoms with Crippen LogP contribution < -0.4 is 16.5 Å². The van der Waals surface area contributed by atoms with Crippen LogP contribution >= 0.6 is 0 Å². The summed E-state index contributed by atoms with van der Waals surface area (Å²) in [5.74, 6) is -1.32. The molecule has 0 bridgehead atoms. The van der Waals surface area contributed by atoms with Gasteiger partial charge in [0.2, 0.25) is 5.78 Å². The van der Waals surface area contributed by atoms with Crippen molar-refractivity contribution < 1.29 is 35.5 Å². The van der Waals surface area contributed by atoms with Gasteiger partial charge in [0, 0.05) is 22.5 Å². The maximum absolute atomic E-state index is 13.2. The van der Waals surface area contributed by atoms with Gasteiger partial charge in [0.1, 0.15) is 25.9 Å². The molecule has 0 unspecified atom stereocenters. The Morgan fingerprint density at radius 3 is 1.98 bits per heavy atom. The number of ketones is 1. The largest absolute Gasteiger partial charge is 0.744 e. The van der Waals surface area contributed by atoms with Gasteiger partial charge in [-0.15, -0.1) is 0 Å². The third-order valence-corrected chi connectivity index (χ3v) is 7.98. The van der Waals surface area contributed by atoms with Crippen LogP contribution in [0.25, 0.3) is 6.08 Å². The monoisotopic (exact) mass is 644 g/mol. The van der Waals surface area contributed by atoms with Gasteiger partial charge in [0.05, 0.1) is 26.9 Å². The molecule has 45 heavy (non-hydrogen) atoms. The standard InChI is InChI=1S/C29H22N6O8S2/c30-19-3-1-2-17(14-19)29(37)31-23-10-13-25-18(15-23)16-26(45(41,42)43)27(28(25)36)35-34-21-6-4-20(5-7-21)32-33-22-8-11-24(12-9-22)44(38,39)40/h1-16,34H,30H2,(H,31,37)(H,38,39,40)(H,41,42,43)/p-2. The topological polar surface area (TPSA) is 236 Å². The van der Waals surface area contributed by atoms with E-state index in [0.717, 1.165) is 18.2 Å². The summed E-state index contributed by atoms with van der Waals surface area (Å²) in [5, 5.41) is 14.5. The molecular formula is C29H20N6O8S2-2. The highest BCUT2D eigenvalue weighted by molar-refractivity contribution is 7.91. The van der Waals surface area contributed by atoms with Crippen LogP contribution in [-0.2, 0) is 20.2 Å². The highest BCUT2D eigenvalue weighted by Crippen LogP contribution is 2.29. The minimum atomic E-state index is -5.15. The van der Waals surface area contributed by atoms with E-state index in [9.17, 15) is 35.5 Å². The van der Waals surface area contributed by atoms with Gasteiger partial charge in [-0.25, -0.2) is 16.8 Å². The van der Waals surface area contributed by atoms with Crippen LogP contribution in [0.1, 0.15) is 26.3 Å². The first kappa shape index (κ1) is 30.9. The van der Waals surface area contributed by atoms with Gasteiger partial charge in [0.25, 0.3) is 5.91 Å². The third kappa shape index (κ3) is 7.34. The Bertz CT molecular complexity index is 2140. The molecule has 0 radical (unpaired) electrons. The SMILES string of the molecule is Nc1cccc(C(=O)Nc2ccc3c(c2)C=C(S(=O)(=O)[O-])C(=NNc2ccc(N=Nc4ccc(S(=O)(=O)[O-])cc4)cc2)C3=O)c1. The quantitative estimate of drug-likeness (QED) is 0.106. The van der Waals surface area contributed by atoms with E-state index in [1.54, 1.807) is 18.2 Å². The van der Waals surface area contributed by atoms with E-state index in [-0.39, 0.29) is 22.4 Å². The highest BCUT2D eigenvalue weighted by Gasteiger charge is 2.30. The Balaban J connectivity index is 1.33. The smallest absolute Gasteiger partial charge is 0.255 e. The van der Waals surface area contributed by atoms with E-state index in [1.165, 1.54) is 60.7 Å². The second-order valence-corrected chi connectivity index (χ2v) is 12.2. The van der Waals surface area contributed by atoms with Crippen molar-refractivity contribution in [2.24, 2.45) is 15.3 Å². The van der Waals surface area contributed by atoms with Gasteiger partial charge in [-0.2, -0.15) is 15.3 Å². The number of nitrogens with zero attached hydrogens (tertiary/aromatic N) is 3. The molecule has 4 aromatic rings. The van der Waals surface area contributed by atoms with E-state index in [1.807, 2.05) is 0 Å². The lowest BCUT2D eigenvalue weighted by atomic mass is 9.94. The molecule has 1 aliphatic rings. The zero-order chi connectivity index (χ0) is 32.4. The first-order valence-corrected chi connectivity index (χ1v) is 15.5. The lowest BCUT2D eigenvalue weighted by molar-refractivity contribution is 0.102. The minimum Gasteiger partial charge on any atom is -0.744 e. The van der Waals surface area contributed by atoms with Crippen molar-refractivity contribution in [1.29, 1.82) is 0 Å². The second kappa shape index (κ2) is 12.2. The van der Waals surface area contributed by atoms with E-state index in [0.29, 0.717) is 22.7 Å². The fourth-order valence-electron chi connectivity index (χ4n) is 4.11. The molecule has 4 aromatic carbocycles. The van der Waals surface area contributed by atoms with Gasteiger partial charge < -0.3 is 20.2 Å². The number of anilines is 3. The van der Waals surface area contributed by atoms with Crippen LogP contribution in [0.5, 0.6) is 0 Å². The zero-order valence-corrected chi connectivity index (χ0v) is 24.4. The normalized spacial score (nSPS) is 14.2. The van der Waals surface area contributed by atoms with Crippen LogP contribution in [0.15, 0.2) is 116 Å². The summed E-state index contributed by atoms with van der Waals surface area (Å²) < 4.78 is 69.4. The molecule has 228 valence electrons. The number of azo groups is 1. The molecule has 1 amide bonds. The molecule has 16 heteroatoms. The van der Waals surface area contributed by atoms with Gasteiger partial charge in [-0.3, -0.25) is 15.0 Å². The first-order chi connectivity index (χ1) is 21.3. The highest BCUT2D eigenvalue weighted by atomic mass is 32.2. The molecule has 0 spiro atoms. The average Bonchev–Trinajstić information content (AvgIpc) is 2.99. The fourth-order valence-corrected chi connectivity index (χ4v) is 5.23. The van der Waals surface area contributed by atoms with E-state index >= 15 is 0 Å². The molecule has 0 saturated heterocycles. The number of rotatable bonds is 8. The van der Waals surface area contributed by atoms with Crippen molar-refractivity contribution in [3.8, 4) is 0 Å². The number of nitrogen functional groups attached to an aromatic ring is 1. The molecular weight excluding hydrogens is 624 g/mol. The van der Waals surface area contributed by atoms with Crippen LogP contribution in [-0.4, -0.2) is 43.3 Å². The van der Waals surface area contributed by atoms with Gasteiger partial charge in [-0.05, 0) is 96.6 Å². The summed E-state index contributed by atoms with van der Waals surface area (Å²) in [6.07, 6.45) is 1.01. The molecule has 0 atom stereocenters. The van der Waals surface area contributed by atoms with Gasteiger partial charge in [0.15, 0.2) is 0 Å². The zero-order valence-electron chi connectivity index (χ0n) is 22.7. The molecule has 14 nitrogen and oxygen atoms in total. The summed E-state index contributed by atoms with van der Waals surface area (Å²) in [4.78, 5) is 24.6. The number of hydrogen-bond acceptors (Lipinski definition) is 13. The molecule has 4 N–H and O–H groups in total. The molecule has 0 aromatic heterocycles. The molecule has 0 saturated carbocycles. The van der Waals surface area contributed by atoms with Crippen molar-refractivity contribution in [3.63, 3.8) is 0 Å². The summed E-state index contributed by atoms with van der Waals surface area (Å²) in [6.45, 7) is 0. The summed E-state index contributed by atoms with van der Waals surface area (Å²) in [6, 6.07) is 21.3. The summed E-state index contributed by atoms with van der Waals surface area (Å²) >= 11 is 0. The van der Waals surface area contributed by atoms with Crippen LogP contribution in [0, 0.1) is 0 Å². The van der Waals surface area contributed by atoms with Crippen molar-refractivity contribution >= 4 is 72.2 Å². The van der Waals surface area contributed by atoms with Crippen molar-refractivity contribution in [2.75, 3.05) is 16.5 Å². The van der Waals surface area contributed by atoms with E-state index < -0.39 is 47.4 Å². The van der Waals surface area contributed by atoms with Crippen LogP contribution in [0.4, 0.5) is 28.4 Å². The maximum atomic E-state index is 13.2. The summed E-state index contributed by atoms with van der Waals surface area (Å²) in [7, 11) is -9.73. The Morgan fingerprint density at radius 2 is 1.38 bits per heavy atom. The van der Waals surface area contributed by atoms with Crippen LogP contribution in [0.2, 0.25) is 0 Å². The number of amides is 1. The predicted molar refractivity (Wildman–Crippen MR) is 163 cm³/mol. The van der Waals surface area contributed by atoms with Crippen molar-refractivity contribution in [1.82, 2.24) is 0 Å². The number of carbonyl (C=O) groups excluding carboxylic acids is 2. The molecule has 5 rings (SSSR count). The molecule has 0 fully saturated rings. The van der Waals surface area contributed by atoms with Gasteiger partial charge >= 0.3 is 0 Å². The van der Waals surface area contributed by atoms with E-state index in [2.05, 4.69) is 26.1 Å². The fraction of sp³-hybridized carbons (Fsp3) is 0. The lowest BCUT2D eigenvalue weighted by Crippen LogP contribution is -2.27. The van der Waals surface area contributed by atoms with Crippen molar-refractivity contribution in [3.05, 3.63) is 113 Å². The third-order valence-electron chi connectivity index (χ3n) is 6.28. The number of fused-ring (bicyclic) bond motifs is 1. The van der Waals surface area contributed by atoms with E-state index in [4.69, 9.17) is 5.73 Å². The predicted octanol–water partition coefficient (Wildman–Crippen LogP) is 4.39. The number of Topliss-reactive ketones (excluding diaryl/α,β-unsaturated/α-hetero) is 1. The molecule has 0 aliphatic heterocycles. The number of hydrogen-bond donors (Lipinski definition) is 3. The Kier molecular flexibility index (Phi) is 8.38. The Hall–Kier alpha value is -5.55. The lowest BCUT2D eigenvalue weighted by Gasteiger charge is -2.20. The van der Waals surface area contributed by atoms with Crippen LogP contribution in [0.3, 0.4) is 0 Å². The average molecular weight is 645 g/mol. The Morgan fingerprint density at radius 1 is 0.756 bits per heavy atom. The van der Waals surface area contributed by atoms with Crippen molar-refractivity contribution in [2.45, 2.75) is 4.90 Å². The second-order valence-electron chi connectivity index (χ2n) is 9.44. The maximum Gasteiger partial charge on any atom is 0.255 e. The number of benzene rings is 4. The molecule has 1 aliphatic carbocycles. The minimum absolute atomic E-state index is 0.0570. The number of carbonyl (C=O) groups is 2. The number of nitrogens with two attached hydrogens (primary N) is 1. The Labute approximate surface area is 256 Å². The first-order valence-electron chi connectivity index (χ1n) is 12.7. The molecule has 0 heterocycles. The number of hydrazone groups is 1.